The van der Waals surface area contributed by atoms with Crippen molar-refractivity contribution in [1.29, 1.82) is 0 Å². The number of nitrogens with zero attached hydrogens (tertiary/aromatic N) is 2. The Hall–Kier alpha value is -7.75. The predicted octanol–water partition coefficient (Wildman–Crippen LogP) is 13.9. The van der Waals surface area contributed by atoms with Crippen LogP contribution in [0.1, 0.15) is 71.7 Å². The number of halogens is 24. The lowest BCUT2D eigenvalue weighted by molar-refractivity contribution is -0.689. The van der Waals surface area contributed by atoms with E-state index in [4.69, 9.17) is 5.11 Å². The first-order valence-corrected chi connectivity index (χ1v) is 22.0. The molecule has 0 aliphatic rings. The van der Waals surface area contributed by atoms with Crippen molar-refractivity contribution in [3.63, 3.8) is 0 Å². The minimum Gasteiger partial charge on any atom is -0.478 e. The summed E-state index contributed by atoms with van der Waals surface area (Å²) in [6.45, 7) is 0.783. The third-order valence-corrected chi connectivity index (χ3v) is 12.0. The van der Waals surface area contributed by atoms with E-state index in [0.29, 0.717) is 12.0 Å². The summed E-state index contributed by atoms with van der Waals surface area (Å²) in [6, 6.07) is 8.38. The van der Waals surface area contributed by atoms with E-state index in [-0.39, 0.29) is 0 Å². The standard InChI is InChI=1S/C32H12BF24.C19H16N2O2/c34-25(35,36)13-1-14(26(37,38)39)6-21(5-13)33(22-7-15(27(40,41)42)2-16(8-22)28(43,44)45,23-9-17(29(46,47)48)3-18(10-23)30(49,50)51)24-11-19(31(52,53)54)4-20(12-24)32(55,56)57;22-19(23)17-8-4-7-16(11-17)12-18-14-21(10-9-20-18)13-15-5-2-1-3-6-15/h1-12H;1-11,14H,12-13H2/q-1;/p+1. The van der Waals surface area contributed by atoms with Gasteiger partial charge in [-0.25, -0.2) is 9.78 Å². The number of aromatic nitrogens is 2. The third-order valence-electron chi connectivity index (χ3n) is 12.0. The third kappa shape index (κ3) is 14.5. The lowest BCUT2D eigenvalue weighted by Crippen LogP contribution is -2.75. The maximum absolute atomic E-state index is 14.2. The summed E-state index contributed by atoms with van der Waals surface area (Å²) in [5.41, 5.74) is -26.8. The highest BCUT2D eigenvalue weighted by molar-refractivity contribution is 7.20. The molecule has 0 saturated heterocycles. The molecule has 0 amide bonds. The van der Waals surface area contributed by atoms with Crippen molar-refractivity contribution in [3.05, 3.63) is 213 Å². The molecule has 29 heteroatoms. The van der Waals surface area contributed by atoms with Crippen LogP contribution >= 0.6 is 0 Å². The number of carboxylic acids is 1. The summed E-state index contributed by atoms with van der Waals surface area (Å²) in [7, 11) is 0. The van der Waals surface area contributed by atoms with Crippen molar-refractivity contribution >= 4 is 34.0 Å². The summed E-state index contributed by atoms with van der Waals surface area (Å²) in [5.74, 6) is -0.910. The first-order chi connectivity index (χ1) is 36.5. The van der Waals surface area contributed by atoms with Crippen LogP contribution in [-0.4, -0.2) is 22.2 Å². The lowest BCUT2D eigenvalue weighted by Gasteiger charge is -2.46. The van der Waals surface area contributed by atoms with Crippen molar-refractivity contribution in [1.82, 2.24) is 4.98 Å². The van der Waals surface area contributed by atoms with Gasteiger partial charge in [0.15, 0.2) is 18.9 Å². The van der Waals surface area contributed by atoms with Crippen LogP contribution in [0, 0.1) is 0 Å². The Labute approximate surface area is 433 Å². The van der Waals surface area contributed by atoms with E-state index in [9.17, 15) is 110 Å². The molecule has 0 unspecified atom stereocenters. The summed E-state index contributed by atoms with van der Waals surface area (Å²) < 4.78 is 343. The zero-order valence-corrected chi connectivity index (χ0v) is 39.2. The average molecular weight is 1170 g/mol. The molecule has 426 valence electrons. The quantitative estimate of drug-likeness (QED) is 0.0890. The fourth-order valence-electron chi connectivity index (χ4n) is 8.56. The number of hydrogen-bond acceptors (Lipinski definition) is 2. The lowest BCUT2D eigenvalue weighted by atomic mass is 9.12. The predicted molar refractivity (Wildman–Crippen MR) is 236 cm³/mol. The Morgan fingerprint density at radius 2 is 0.700 bits per heavy atom. The van der Waals surface area contributed by atoms with Crippen molar-refractivity contribution in [2.45, 2.75) is 62.4 Å². The molecule has 0 atom stereocenters. The van der Waals surface area contributed by atoms with Crippen molar-refractivity contribution in [3.8, 4) is 0 Å². The van der Waals surface area contributed by atoms with Gasteiger partial charge in [0.1, 0.15) is 11.8 Å². The molecular weight excluding hydrogens is 1140 g/mol. The van der Waals surface area contributed by atoms with Gasteiger partial charge in [0.2, 0.25) is 0 Å². The number of benzene rings is 6. The fourth-order valence-corrected chi connectivity index (χ4v) is 8.56. The van der Waals surface area contributed by atoms with Gasteiger partial charge in [0, 0.05) is 12.0 Å². The molecule has 1 aromatic heterocycles. The number of alkyl halides is 24. The highest BCUT2D eigenvalue weighted by Gasteiger charge is 2.47. The van der Waals surface area contributed by atoms with Crippen LogP contribution in [0.2, 0.25) is 0 Å². The van der Waals surface area contributed by atoms with Gasteiger partial charge in [-0.3, -0.25) is 0 Å². The smallest absolute Gasteiger partial charge is 0.416 e. The van der Waals surface area contributed by atoms with Crippen LogP contribution in [0.25, 0.3) is 0 Å². The number of carbonyl (C=O) groups is 1. The molecule has 0 radical (unpaired) electrons. The number of aromatic carboxylic acids is 1. The largest absolute Gasteiger partial charge is 0.478 e. The van der Waals surface area contributed by atoms with Crippen molar-refractivity contribution in [2.75, 3.05) is 0 Å². The first kappa shape index (κ1) is 61.5. The van der Waals surface area contributed by atoms with Crippen LogP contribution in [-0.2, 0) is 62.4 Å². The summed E-state index contributed by atoms with van der Waals surface area (Å²) in [5, 5.41) is 9.06. The number of rotatable bonds is 9. The fraction of sp³-hybridized carbons (Fsp3) is 0.196. The van der Waals surface area contributed by atoms with Gasteiger partial charge in [0.05, 0.1) is 56.3 Å². The van der Waals surface area contributed by atoms with Gasteiger partial charge in [-0.1, -0.05) is 91.0 Å². The first-order valence-electron chi connectivity index (χ1n) is 22.0. The van der Waals surface area contributed by atoms with Gasteiger partial charge >= 0.3 is 55.4 Å². The molecule has 0 bridgehead atoms. The molecule has 7 rings (SSSR count). The SMILES string of the molecule is FC(F)(F)c1cc([B-](c2cc(C(F)(F)F)cc(C(F)(F)F)c2)(c2cc(C(F)(F)F)cc(C(F)(F)F)c2)c2cc(C(F)(F)F)cc(C(F)(F)F)c2)cc(C(F)(F)F)c1.O=C(O)c1cccc(Cc2c[n+](Cc3ccccc3)ccn2)c1. The zero-order chi connectivity index (χ0) is 60.0. The molecule has 6 aromatic carbocycles. The van der Waals surface area contributed by atoms with Crippen LogP contribution in [0.3, 0.4) is 0 Å². The van der Waals surface area contributed by atoms with E-state index in [1.165, 1.54) is 5.56 Å². The molecule has 1 heterocycles. The van der Waals surface area contributed by atoms with Gasteiger partial charge in [0.25, 0.3) is 0 Å². The topological polar surface area (TPSA) is 54.1 Å². The summed E-state index contributed by atoms with van der Waals surface area (Å²) in [6.07, 6.45) is -48.5. The zero-order valence-electron chi connectivity index (χ0n) is 39.2. The molecule has 80 heavy (non-hydrogen) atoms. The highest BCUT2D eigenvalue weighted by Crippen LogP contribution is 2.41. The van der Waals surface area contributed by atoms with Gasteiger partial charge < -0.3 is 5.11 Å². The van der Waals surface area contributed by atoms with Crippen LogP contribution in [0.15, 0.2) is 146 Å². The van der Waals surface area contributed by atoms with E-state index in [2.05, 4.69) is 21.7 Å². The number of carboxylic acid groups (broad SMARTS) is 1. The average Bonchev–Trinajstić information content (AvgIpc) is 3.32. The van der Waals surface area contributed by atoms with Gasteiger partial charge in [-0.05, 0) is 42.0 Å². The van der Waals surface area contributed by atoms with Crippen LogP contribution in [0.4, 0.5) is 105 Å². The second kappa shape index (κ2) is 21.7. The monoisotopic (exact) mass is 1170 g/mol. The molecule has 1 N–H and O–H groups in total. The van der Waals surface area contributed by atoms with E-state index in [0.717, 1.165) is 17.8 Å². The molecular formula is C51H29BF24N2O2. The Morgan fingerprint density at radius 1 is 0.400 bits per heavy atom. The molecule has 0 saturated carbocycles. The Morgan fingerprint density at radius 3 is 0.988 bits per heavy atom. The Bertz CT molecular complexity index is 2940. The Kier molecular flexibility index (Phi) is 16.7. The molecule has 0 aliphatic heterocycles. The molecule has 0 aliphatic carbocycles. The van der Waals surface area contributed by atoms with E-state index in [1.807, 2.05) is 36.7 Å². The number of hydrogen-bond donors (Lipinski definition) is 1. The summed E-state index contributed by atoms with van der Waals surface area (Å²) in [4.78, 5) is 15.4. The van der Waals surface area contributed by atoms with Crippen molar-refractivity contribution in [2.24, 2.45) is 0 Å². The molecule has 7 aromatic rings. The summed E-state index contributed by atoms with van der Waals surface area (Å²) >= 11 is 0. The van der Waals surface area contributed by atoms with Gasteiger partial charge in [-0.15, -0.1) is 0 Å². The van der Waals surface area contributed by atoms with Gasteiger partial charge in [-0.2, -0.15) is 132 Å². The van der Waals surface area contributed by atoms with Crippen molar-refractivity contribution < 1.29 is 120 Å². The molecule has 0 fully saturated rings. The maximum Gasteiger partial charge on any atom is 0.416 e. The normalized spacial score (nSPS) is 13.2. The molecule has 0 spiro atoms. The molecule has 4 nitrogen and oxygen atoms in total. The van der Waals surface area contributed by atoms with Crippen LogP contribution < -0.4 is 26.4 Å². The Balaban J connectivity index is 0.000000370. The minimum atomic E-state index is -6.13. The minimum absolute atomic E-state index is 0.301. The van der Waals surface area contributed by atoms with E-state index < -0.39 is 201 Å². The second-order valence-corrected chi connectivity index (χ2v) is 17.6. The highest BCUT2D eigenvalue weighted by atomic mass is 19.4. The van der Waals surface area contributed by atoms with E-state index >= 15 is 0 Å². The second-order valence-electron chi connectivity index (χ2n) is 17.6. The van der Waals surface area contributed by atoms with E-state index in [1.54, 1.807) is 24.4 Å². The van der Waals surface area contributed by atoms with Crippen LogP contribution in [0.5, 0.6) is 0 Å². The maximum atomic E-state index is 14.2.